The van der Waals surface area contributed by atoms with E-state index in [1.165, 1.54) is 19.2 Å². The van der Waals surface area contributed by atoms with Gasteiger partial charge in [-0.15, -0.1) is 0 Å². The number of hydrogen-bond donors (Lipinski definition) is 4. The fraction of sp³-hybridized carbons (Fsp3) is 0.500. The maximum Gasteiger partial charge on any atom is 0.276 e. The normalized spacial score (nSPS) is 11.9. The standard InChI is InChI=1S/C10H17N5O4/c1-19-6-7(2-3-16)12-9-4-8(15(17)18)5-10(13-9)14-11/h4-5,7,16H,2-3,6,11H2,1H3,(H2,12,13,14). The number of ether oxygens (including phenoxy) is 1. The molecule has 9 nitrogen and oxygen atoms in total. The number of nitrogen functional groups attached to an aromatic ring is 1. The van der Waals surface area contributed by atoms with Crippen LogP contribution in [0.4, 0.5) is 17.3 Å². The summed E-state index contributed by atoms with van der Waals surface area (Å²) in [7, 11) is 1.53. The molecule has 0 radical (unpaired) electrons. The molecule has 0 amide bonds. The number of rotatable bonds is 8. The van der Waals surface area contributed by atoms with Gasteiger partial charge in [-0.3, -0.25) is 10.1 Å². The molecule has 1 unspecified atom stereocenters. The number of aliphatic hydroxyl groups is 1. The molecule has 0 saturated heterocycles. The summed E-state index contributed by atoms with van der Waals surface area (Å²) in [5.74, 6) is 5.68. The number of aliphatic hydroxyl groups excluding tert-OH is 1. The van der Waals surface area contributed by atoms with Gasteiger partial charge in [0.2, 0.25) is 0 Å². The fourth-order valence-corrected chi connectivity index (χ4v) is 1.53. The van der Waals surface area contributed by atoms with Crippen LogP contribution in [0.2, 0.25) is 0 Å². The van der Waals surface area contributed by atoms with E-state index >= 15 is 0 Å². The Morgan fingerprint density at radius 1 is 1.58 bits per heavy atom. The Bertz CT molecular complexity index is 422. The number of methoxy groups -OCH3 is 1. The third-order valence-corrected chi connectivity index (χ3v) is 2.37. The van der Waals surface area contributed by atoms with E-state index < -0.39 is 4.92 Å². The molecule has 1 heterocycles. The lowest BCUT2D eigenvalue weighted by molar-refractivity contribution is -0.384. The van der Waals surface area contributed by atoms with E-state index in [1.807, 2.05) is 0 Å². The number of nitrogens with one attached hydrogen (secondary N) is 2. The van der Waals surface area contributed by atoms with Crippen LogP contribution in [-0.2, 0) is 4.74 Å². The Labute approximate surface area is 109 Å². The number of aromatic nitrogens is 1. The molecule has 1 aromatic rings. The summed E-state index contributed by atoms with van der Waals surface area (Å²) in [6.45, 7) is 0.314. The van der Waals surface area contributed by atoms with Crippen molar-refractivity contribution in [2.45, 2.75) is 12.5 Å². The average Bonchev–Trinajstić information content (AvgIpc) is 2.38. The van der Waals surface area contributed by atoms with Crippen LogP contribution >= 0.6 is 0 Å². The van der Waals surface area contributed by atoms with Crippen LogP contribution in [0.1, 0.15) is 6.42 Å². The quantitative estimate of drug-likeness (QED) is 0.296. The molecule has 0 saturated carbocycles. The molecule has 1 aromatic heterocycles. The van der Waals surface area contributed by atoms with Crippen LogP contribution in [0.3, 0.4) is 0 Å². The monoisotopic (exact) mass is 271 g/mol. The Balaban J connectivity index is 2.91. The van der Waals surface area contributed by atoms with Crippen molar-refractivity contribution < 1.29 is 14.8 Å². The van der Waals surface area contributed by atoms with E-state index in [1.54, 1.807) is 0 Å². The van der Waals surface area contributed by atoms with Crippen LogP contribution < -0.4 is 16.6 Å². The van der Waals surface area contributed by atoms with Crippen LogP contribution in [0.25, 0.3) is 0 Å². The summed E-state index contributed by atoms with van der Waals surface area (Å²) >= 11 is 0. The number of hydrazine groups is 1. The van der Waals surface area contributed by atoms with Gasteiger partial charge in [0, 0.05) is 13.7 Å². The van der Waals surface area contributed by atoms with Crippen LogP contribution in [0, 0.1) is 10.1 Å². The molecule has 0 aliphatic heterocycles. The van der Waals surface area contributed by atoms with Crippen molar-refractivity contribution in [1.82, 2.24) is 4.98 Å². The minimum atomic E-state index is -0.537. The maximum absolute atomic E-state index is 10.8. The molecule has 1 atom stereocenters. The SMILES string of the molecule is COCC(CCO)Nc1cc([N+](=O)[O-])cc(NN)n1. The molecular formula is C10H17N5O4. The molecule has 0 bridgehead atoms. The van der Waals surface area contributed by atoms with E-state index in [2.05, 4.69) is 15.7 Å². The first-order valence-corrected chi connectivity index (χ1v) is 5.60. The van der Waals surface area contributed by atoms with E-state index in [9.17, 15) is 10.1 Å². The molecule has 19 heavy (non-hydrogen) atoms. The van der Waals surface area contributed by atoms with Crippen molar-refractivity contribution in [3.05, 3.63) is 22.2 Å². The topological polar surface area (TPSA) is 136 Å². The second kappa shape index (κ2) is 7.46. The number of nitrogens with zero attached hydrogens (tertiary/aromatic N) is 2. The Kier molecular flexibility index (Phi) is 5.93. The highest BCUT2D eigenvalue weighted by Crippen LogP contribution is 2.20. The number of hydrogen-bond acceptors (Lipinski definition) is 8. The van der Waals surface area contributed by atoms with Crippen LogP contribution in [0.15, 0.2) is 12.1 Å². The number of anilines is 2. The largest absolute Gasteiger partial charge is 0.396 e. The lowest BCUT2D eigenvalue weighted by atomic mass is 10.2. The molecule has 1 rings (SSSR count). The third-order valence-electron chi connectivity index (χ3n) is 2.37. The minimum Gasteiger partial charge on any atom is -0.396 e. The van der Waals surface area contributed by atoms with Gasteiger partial charge >= 0.3 is 0 Å². The minimum absolute atomic E-state index is 0.0298. The van der Waals surface area contributed by atoms with Gasteiger partial charge in [-0.05, 0) is 6.42 Å². The molecule has 0 aliphatic carbocycles. The van der Waals surface area contributed by atoms with Gasteiger partial charge in [-0.2, -0.15) is 0 Å². The zero-order chi connectivity index (χ0) is 14.3. The number of pyridine rings is 1. The Hall–Kier alpha value is -1.97. The molecule has 106 valence electrons. The maximum atomic E-state index is 10.8. The predicted octanol–water partition coefficient (Wildman–Crippen LogP) is 0.0847. The first-order valence-electron chi connectivity index (χ1n) is 5.60. The third kappa shape index (κ3) is 4.66. The van der Waals surface area contributed by atoms with E-state index in [0.29, 0.717) is 13.0 Å². The van der Waals surface area contributed by atoms with Gasteiger partial charge in [0.05, 0.1) is 29.7 Å². The van der Waals surface area contributed by atoms with Crippen molar-refractivity contribution in [2.75, 3.05) is 31.1 Å². The Morgan fingerprint density at radius 3 is 2.79 bits per heavy atom. The number of nitro groups is 1. The molecule has 0 spiro atoms. The zero-order valence-electron chi connectivity index (χ0n) is 10.5. The lowest BCUT2D eigenvalue weighted by Gasteiger charge is -2.17. The van der Waals surface area contributed by atoms with E-state index in [-0.39, 0.29) is 30.0 Å². The highest BCUT2D eigenvalue weighted by Gasteiger charge is 2.14. The smallest absolute Gasteiger partial charge is 0.276 e. The zero-order valence-corrected chi connectivity index (χ0v) is 10.5. The molecule has 0 aromatic carbocycles. The molecule has 0 fully saturated rings. The van der Waals surface area contributed by atoms with Gasteiger partial charge in [-0.1, -0.05) is 0 Å². The molecule has 5 N–H and O–H groups in total. The van der Waals surface area contributed by atoms with E-state index in [0.717, 1.165) is 0 Å². The number of nitrogens with two attached hydrogens (primary N) is 1. The lowest BCUT2D eigenvalue weighted by Crippen LogP contribution is -2.27. The molecule has 0 aliphatic rings. The van der Waals surface area contributed by atoms with Crippen LogP contribution in [0.5, 0.6) is 0 Å². The van der Waals surface area contributed by atoms with Gasteiger partial charge in [0.15, 0.2) is 0 Å². The molecular weight excluding hydrogens is 254 g/mol. The first-order chi connectivity index (χ1) is 9.10. The molecule has 9 heteroatoms. The van der Waals surface area contributed by atoms with Crippen LogP contribution in [-0.4, -0.2) is 41.4 Å². The fourth-order valence-electron chi connectivity index (χ4n) is 1.53. The summed E-state index contributed by atoms with van der Waals surface area (Å²) in [5, 5.41) is 22.7. The van der Waals surface area contributed by atoms with Crippen molar-refractivity contribution >= 4 is 17.3 Å². The highest BCUT2D eigenvalue weighted by atomic mass is 16.6. The van der Waals surface area contributed by atoms with Crippen molar-refractivity contribution in [2.24, 2.45) is 5.84 Å². The summed E-state index contributed by atoms with van der Waals surface area (Å²) in [4.78, 5) is 14.3. The summed E-state index contributed by atoms with van der Waals surface area (Å²) < 4.78 is 4.99. The summed E-state index contributed by atoms with van der Waals surface area (Å²) in [5.41, 5.74) is 2.13. The highest BCUT2D eigenvalue weighted by molar-refractivity contribution is 5.54. The van der Waals surface area contributed by atoms with Gasteiger partial charge in [0.1, 0.15) is 11.6 Å². The second-order valence-corrected chi connectivity index (χ2v) is 3.81. The average molecular weight is 271 g/mol. The van der Waals surface area contributed by atoms with Crippen molar-refractivity contribution in [3.8, 4) is 0 Å². The second-order valence-electron chi connectivity index (χ2n) is 3.81. The van der Waals surface area contributed by atoms with Gasteiger partial charge in [0.25, 0.3) is 5.69 Å². The summed E-state index contributed by atoms with van der Waals surface area (Å²) in [6, 6.07) is 2.32. The first kappa shape index (κ1) is 15.1. The summed E-state index contributed by atoms with van der Waals surface area (Å²) in [6.07, 6.45) is 0.434. The Morgan fingerprint density at radius 2 is 2.26 bits per heavy atom. The van der Waals surface area contributed by atoms with Gasteiger partial charge in [-0.25, -0.2) is 10.8 Å². The van der Waals surface area contributed by atoms with Gasteiger partial charge < -0.3 is 20.6 Å². The van der Waals surface area contributed by atoms with Crippen molar-refractivity contribution in [3.63, 3.8) is 0 Å². The predicted molar refractivity (Wildman–Crippen MR) is 69.7 cm³/mol. The van der Waals surface area contributed by atoms with E-state index in [4.69, 9.17) is 15.7 Å². The van der Waals surface area contributed by atoms with Crippen molar-refractivity contribution in [1.29, 1.82) is 0 Å².